The number of para-hydroxylation sites is 4. The van der Waals surface area contributed by atoms with Gasteiger partial charge in [0.1, 0.15) is 22.3 Å². The van der Waals surface area contributed by atoms with E-state index < -0.39 is 0 Å². The summed E-state index contributed by atoms with van der Waals surface area (Å²) in [5.41, 5.74) is 14.7. The monoisotopic (exact) mass is 704 g/mol. The topological polar surface area (TPSA) is 32.8 Å². The van der Waals surface area contributed by atoms with Gasteiger partial charge in [0.15, 0.2) is 0 Å². The smallest absolute Gasteiger partial charge is 0.139 e. The summed E-state index contributed by atoms with van der Waals surface area (Å²) in [5.74, 6) is 0. The van der Waals surface area contributed by atoms with Gasteiger partial charge in [0.25, 0.3) is 0 Å². The Labute approximate surface area is 316 Å². The van der Waals surface area contributed by atoms with Gasteiger partial charge in [-0.15, -0.1) is 0 Å². The molecule has 4 nitrogen and oxygen atoms in total. The van der Waals surface area contributed by atoms with E-state index in [1.807, 2.05) is 24.3 Å². The number of furan rings is 2. The van der Waals surface area contributed by atoms with E-state index in [1.165, 1.54) is 39.3 Å². The summed E-state index contributed by atoms with van der Waals surface area (Å²) in [7, 11) is 2.15. The molecule has 266 valence electrons. The highest BCUT2D eigenvalue weighted by Gasteiger charge is 2.37. The van der Waals surface area contributed by atoms with Gasteiger partial charge < -0.3 is 18.6 Å². The normalized spacial score (nSPS) is 15.7. The van der Waals surface area contributed by atoms with E-state index in [4.69, 9.17) is 8.83 Å². The van der Waals surface area contributed by atoms with Gasteiger partial charge in [-0.2, -0.15) is 0 Å². The minimum atomic E-state index is -0.163. The van der Waals surface area contributed by atoms with Crippen molar-refractivity contribution in [2.75, 3.05) is 16.8 Å². The number of nitrogens with zero attached hydrogens (tertiary/aromatic N) is 2. The van der Waals surface area contributed by atoms with Crippen molar-refractivity contribution in [1.29, 1.82) is 0 Å². The van der Waals surface area contributed by atoms with Crippen LogP contribution in [-0.2, 0) is 10.8 Å². The zero-order valence-corrected chi connectivity index (χ0v) is 31.8. The van der Waals surface area contributed by atoms with E-state index in [-0.39, 0.29) is 10.8 Å². The van der Waals surface area contributed by atoms with Gasteiger partial charge >= 0.3 is 0 Å². The lowest BCUT2D eigenvalue weighted by atomic mass is 9.73. The fourth-order valence-corrected chi connectivity index (χ4v) is 8.86. The molecule has 0 saturated heterocycles. The minimum absolute atomic E-state index is 0.0830. The largest absolute Gasteiger partial charge is 0.456 e. The van der Waals surface area contributed by atoms with Gasteiger partial charge in [-0.3, -0.25) is 0 Å². The molecular weight excluding hydrogens is 661 g/mol. The Morgan fingerprint density at radius 1 is 0.537 bits per heavy atom. The van der Waals surface area contributed by atoms with Gasteiger partial charge in [-0.1, -0.05) is 119 Å². The summed E-state index contributed by atoms with van der Waals surface area (Å²) < 4.78 is 12.4. The SMILES string of the molecule is C=CC1=C(/C=C\C)N(c2ccc3oc4cc5oc6ccccc6c5cc4c3c2)c2ccccc2C1(C)C.CN1c2ccccc2C(C)(C)c2ccccc21. The third-order valence-corrected chi connectivity index (χ3v) is 11.6. The Kier molecular flexibility index (Phi) is 7.72. The van der Waals surface area contributed by atoms with Crippen LogP contribution in [0.1, 0.15) is 51.3 Å². The van der Waals surface area contributed by atoms with E-state index in [2.05, 4.69) is 179 Å². The average Bonchev–Trinajstić information content (AvgIpc) is 3.73. The van der Waals surface area contributed by atoms with Crippen LogP contribution in [0, 0.1) is 0 Å². The Morgan fingerprint density at radius 2 is 1.06 bits per heavy atom. The van der Waals surface area contributed by atoms with Crippen LogP contribution in [0.5, 0.6) is 0 Å². The molecule has 0 amide bonds. The summed E-state index contributed by atoms with van der Waals surface area (Å²) >= 11 is 0. The van der Waals surface area contributed by atoms with Gasteiger partial charge in [0, 0.05) is 68.2 Å². The first-order chi connectivity index (χ1) is 26.1. The molecule has 0 saturated carbocycles. The second kappa shape index (κ2) is 12.4. The summed E-state index contributed by atoms with van der Waals surface area (Å²) in [5, 5.41) is 4.39. The molecule has 0 radical (unpaired) electrons. The Balaban J connectivity index is 0.000000189. The van der Waals surface area contributed by atoms with Crippen molar-refractivity contribution in [3.05, 3.63) is 180 Å². The summed E-state index contributed by atoms with van der Waals surface area (Å²) in [6.45, 7) is 15.4. The van der Waals surface area contributed by atoms with Crippen molar-refractivity contribution >= 4 is 66.6 Å². The molecule has 6 aromatic carbocycles. The third kappa shape index (κ3) is 4.97. The lowest BCUT2D eigenvalue weighted by Crippen LogP contribution is -2.33. The molecule has 0 spiro atoms. The Bertz CT molecular complexity index is 2790. The highest BCUT2D eigenvalue weighted by Crippen LogP contribution is 2.50. The highest BCUT2D eigenvalue weighted by molar-refractivity contribution is 6.15. The molecule has 0 aliphatic carbocycles. The van der Waals surface area contributed by atoms with Crippen LogP contribution < -0.4 is 9.80 Å². The first kappa shape index (κ1) is 33.6. The quantitative estimate of drug-likeness (QED) is 0.183. The van der Waals surface area contributed by atoms with Crippen molar-refractivity contribution in [3.8, 4) is 0 Å². The predicted molar refractivity (Wildman–Crippen MR) is 228 cm³/mol. The molecule has 8 aromatic rings. The molecule has 2 aromatic heterocycles. The van der Waals surface area contributed by atoms with Gasteiger partial charge in [-0.25, -0.2) is 0 Å². The maximum Gasteiger partial charge on any atom is 0.139 e. The molecule has 0 unspecified atom stereocenters. The van der Waals surface area contributed by atoms with E-state index in [1.54, 1.807) is 0 Å². The number of allylic oxidation sites excluding steroid dienone is 4. The zero-order valence-electron chi connectivity index (χ0n) is 31.8. The van der Waals surface area contributed by atoms with E-state index in [0.29, 0.717) is 0 Å². The number of hydrogen-bond donors (Lipinski definition) is 0. The van der Waals surface area contributed by atoms with Gasteiger partial charge in [-0.05, 0) is 83.8 Å². The standard InChI is InChI=1S/C34H27NO2.C16H17N/c1-5-11-28-26(6-2)34(3,4)27-13-8-9-14-29(27)35(28)21-16-17-31-23(18-21)25-19-24-22-12-7-10-15-30(22)36-32(24)20-33(25)37-31;1-16(2)12-8-4-6-10-14(12)17(3)15-11-7-5-9-13(15)16/h5-20H,2H2,1,3-4H3;4-11H,1-3H3/b11-5-;. The molecule has 0 atom stereocenters. The van der Waals surface area contributed by atoms with E-state index in [0.717, 1.165) is 55.3 Å². The third-order valence-electron chi connectivity index (χ3n) is 11.6. The van der Waals surface area contributed by atoms with Crippen molar-refractivity contribution in [1.82, 2.24) is 0 Å². The first-order valence-corrected chi connectivity index (χ1v) is 18.7. The highest BCUT2D eigenvalue weighted by atomic mass is 16.3. The lowest BCUT2D eigenvalue weighted by molar-refractivity contribution is 0.621. The molecular formula is C50H44N2O2. The van der Waals surface area contributed by atoms with Crippen LogP contribution in [0.25, 0.3) is 43.9 Å². The summed E-state index contributed by atoms with van der Waals surface area (Å²) in [4.78, 5) is 4.64. The summed E-state index contributed by atoms with van der Waals surface area (Å²) in [6, 6.07) is 44.9. The summed E-state index contributed by atoms with van der Waals surface area (Å²) in [6.07, 6.45) is 6.29. The molecule has 2 aliphatic rings. The number of fused-ring (bicyclic) bond motifs is 9. The molecule has 4 heteroatoms. The second-order valence-electron chi connectivity index (χ2n) is 15.4. The van der Waals surface area contributed by atoms with E-state index >= 15 is 0 Å². The maximum atomic E-state index is 6.30. The minimum Gasteiger partial charge on any atom is -0.456 e. The molecule has 0 N–H and O–H groups in total. The van der Waals surface area contributed by atoms with Crippen molar-refractivity contribution in [2.24, 2.45) is 0 Å². The van der Waals surface area contributed by atoms with Crippen molar-refractivity contribution in [3.63, 3.8) is 0 Å². The van der Waals surface area contributed by atoms with Crippen LogP contribution in [-0.4, -0.2) is 7.05 Å². The molecule has 4 heterocycles. The Morgan fingerprint density at radius 3 is 1.69 bits per heavy atom. The Hall–Kier alpha value is -6.26. The average molecular weight is 705 g/mol. The van der Waals surface area contributed by atoms with Crippen molar-refractivity contribution < 1.29 is 8.83 Å². The number of hydrogen-bond acceptors (Lipinski definition) is 4. The van der Waals surface area contributed by atoms with Gasteiger partial charge in [0.2, 0.25) is 0 Å². The lowest BCUT2D eigenvalue weighted by Gasteiger charge is -2.42. The number of benzene rings is 6. The van der Waals surface area contributed by atoms with Crippen LogP contribution in [0.4, 0.5) is 22.7 Å². The zero-order chi connectivity index (χ0) is 37.4. The predicted octanol–water partition coefficient (Wildman–Crippen LogP) is 14.0. The maximum absolute atomic E-state index is 6.30. The molecule has 54 heavy (non-hydrogen) atoms. The van der Waals surface area contributed by atoms with Gasteiger partial charge in [0.05, 0.1) is 5.69 Å². The molecule has 0 fully saturated rings. The second-order valence-corrected chi connectivity index (χ2v) is 15.4. The van der Waals surface area contributed by atoms with Crippen molar-refractivity contribution in [2.45, 2.75) is 45.4 Å². The van der Waals surface area contributed by atoms with Crippen LogP contribution >= 0.6 is 0 Å². The van der Waals surface area contributed by atoms with Crippen LogP contribution in [0.15, 0.2) is 172 Å². The number of rotatable bonds is 3. The first-order valence-electron chi connectivity index (χ1n) is 18.7. The molecule has 10 rings (SSSR count). The van der Waals surface area contributed by atoms with Crippen LogP contribution in [0.3, 0.4) is 0 Å². The molecule has 0 bridgehead atoms. The molecule has 2 aliphatic heterocycles. The van der Waals surface area contributed by atoms with Crippen LogP contribution in [0.2, 0.25) is 0 Å². The fraction of sp³-hybridized carbons (Fsp3) is 0.160. The number of anilines is 4. The van der Waals surface area contributed by atoms with E-state index in [9.17, 15) is 0 Å². The fourth-order valence-electron chi connectivity index (χ4n) is 8.86.